The summed E-state index contributed by atoms with van der Waals surface area (Å²) in [6.45, 7) is 0.222. The molecule has 0 atom stereocenters. The number of aromatic nitrogens is 2. The monoisotopic (exact) mass is 379 g/mol. The van der Waals surface area contributed by atoms with Crippen LogP contribution in [0.4, 0.5) is 4.39 Å². The first-order valence-corrected chi connectivity index (χ1v) is 9.65. The Kier molecular flexibility index (Phi) is 5.46. The van der Waals surface area contributed by atoms with Crippen LogP contribution in [0, 0.1) is 5.82 Å². The molecule has 4 rings (SSSR count). The first-order chi connectivity index (χ1) is 13.7. The maximum atomic E-state index is 13.6. The summed E-state index contributed by atoms with van der Waals surface area (Å²) in [4.78, 5) is 19.4. The molecule has 5 nitrogen and oxygen atoms in total. The van der Waals surface area contributed by atoms with Crippen molar-refractivity contribution in [1.29, 1.82) is 0 Å². The summed E-state index contributed by atoms with van der Waals surface area (Å²) >= 11 is 0. The molecule has 1 aliphatic carbocycles. The van der Waals surface area contributed by atoms with Crippen molar-refractivity contribution in [3.05, 3.63) is 71.9 Å². The van der Waals surface area contributed by atoms with Crippen LogP contribution in [-0.4, -0.2) is 27.0 Å². The lowest BCUT2D eigenvalue weighted by atomic mass is 9.93. The van der Waals surface area contributed by atoms with Crippen LogP contribution in [0.25, 0.3) is 11.4 Å². The highest BCUT2D eigenvalue weighted by molar-refractivity contribution is 5.94. The average Bonchev–Trinajstić information content (AvgIpc) is 3.22. The van der Waals surface area contributed by atoms with Crippen LogP contribution in [0.1, 0.15) is 48.4 Å². The molecule has 1 aliphatic rings. The Labute approximate surface area is 163 Å². The highest BCUT2D eigenvalue weighted by atomic mass is 19.1. The van der Waals surface area contributed by atoms with Crippen molar-refractivity contribution in [3.63, 3.8) is 0 Å². The number of rotatable bonds is 5. The van der Waals surface area contributed by atoms with Crippen molar-refractivity contribution in [2.45, 2.75) is 44.7 Å². The normalized spacial score (nSPS) is 14.8. The molecule has 1 amide bonds. The predicted octanol–water partition coefficient (Wildman–Crippen LogP) is 4.85. The van der Waals surface area contributed by atoms with E-state index in [2.05, 4.69) is 10.1 Å². The van der Waals surface area contributed by atoms with Gasteiger partial charge in [0.15, 0.2) is 0 Å². The molecule has 0 aliphatic heterocycles. The molecule has 0 N–H and O–H groups in total. The van der Waals surface area contributed by atoms with Gasteiger partial charge in [0.1, 0.15) is 12.4 Å². The lowest BCUT2D eigenvalue weighted by Gasteiger charge is -2.33. The van der Waals surface area contributed by atoms with Crippen LogP contribution < -0.4 is 0 Å². The molecule has 28 heavy (non-hydrogen) atoms. The smallest absolute Gasteiger partial charge is 0.254 e. The quantitative estimate of drug-likeness (QED) is 0.636. The third-order valence-corrected chi connectivity index (χ3v) is 5.15. The zero-order chi connectivity index (χ0) is 19.3. The number of nitrogens with zero attached hydrogens (tertiary/aromatic N) is 3. The maximum absolute atomic E-state index is 13.6. The molecule has 0 saturated heterocycles. The van der Waals surface area contributed by atoms with Gasteiger partial charge in [0.25, 0.3) is 5.91 Å². The van der Waals surface area contributed by atoms with Gasteiger partial charge in [0.05, 0.1) is 0 Å². The van der Waals surface area contributed by atoms with E-state index in [1.807, 2.05) is 30.3 Å². The fourth-order valence-electron chi connectivity index (χ4n) is 3.72. The van der Waals surface area contributed by atoms with Gasteiger partial charge in [0, 0.05) is 17.2 Å². The van der Waals surface area contributed by atoms with Gasteiger partial charge in [-0.05, 0) is 31.0 Å². The van der Waals surface area contributed by atoms with E-state index in [0.29, 0.717) is 17.3 Å². The molecule has 1 saturated carbocycles. The fraction of sp³-hybridized carbons (Fsp3) is 0.318. The number of halogens is 1. The van der Waals surface area contributed by atoms with Gasteiger partial charge in [-0.3, -0.25) is 4.79 Å². The summed E-state index contributed by atoms with van der Waals surface area (Å²) in [7, 11) is 0. The molecular formula is C22H22FN3O2. The van der Waals surface area contributed by atoms with Crippen LogP contribution in [0.15, 0.2) is 59.1 Å². The van der Waals surface area contributed by atoms with E-state index in [1.54, 1.807) is 17.0 Å². The van der Waals surface area contributed by atoms with E-state index in [9.17, 15) is 9.18 Å². The summed E-state index contributed by atoms with van der Waals surface area (Å²) in [5, 5.41) is 4.05. The number of carbonyl (C=O) groups excluding carboxylic acids is 1. The lowest BCUT2D eigenvalue weighted by Crippen LogP contribution is -2.41. The van der Waals surface area contributed by atoms with E-state index in [0.717, 1.165) is 31.2 Å². The van der Waals surface area contributed by atoms with Gasteiger partial charge >= 0.3 is 0 Å². The first kappa shape index (κ1) is 18.3. The molecule has 1 fully saturated rings. The predicted molar refractivity (Wildman–Crippen MR) is 103 cm³/mol. The number of amides is 1. The van der Waals surface area contributed by atoms with Crippen molar-refractivity contribution < 1.29 is 13.7 Å². The van der Waals surface area contributed by atoms with Gasteiger partial charge in [-0.25, -0.2) is 4.39 Å². The minimum Gasteiger partial charge on any atom is -0.337 e. The zero-order valence-corrected chi connectivity index (χ0v) is 15.6. The summed E-state index contributed by atoms with van der Waals surface area (Å²) in [5.41, 5.74) is 1.20. The Morgan fingerprint density at radius 2 is 1.86 bits per heavy atom. The number of hydrogen-bond donors (Lipinski definition) is 0. The maximum Gasteiger partial charge on any atom is 0.254 e. The summed E-state index contributed by atoms with van der Waals surface area (Å²) in [6.07, 6.45) is 5.20. The molecule has 144 valence electrons. The molecule has 1 aromatic heterocycles. The Bertz CT molecular complexity index is 936. The largest absolute Gasteiger partial charge is 0.337 e. The second kappa shape index (κ2) is 8.33. The van der Waals surface area contributed by atoms with Crippen molar-refractivity contribution in [1.82, 2.24) is 15.0 Å². The minimum absolute atomic E-state index is 0.0941. The Morgan fingerprint density at radius 3 is 2.61 bits per heavy atom. The molecule has 0 bridgehead atoms. The van der Waals surface area contributed by atoms with Crippen molar-refractivity contribution in [2.75, 3.05) is 0 Å². The summed E-state index contributed by atoms with van der Waals surface area (Å²) < 4.78 is 19.1. The van der Waals surface area contributed by atoms with E-state index >= 15 is 0 Å². The number of benzene rings is 2. The average molecular weight is 379 g/mol. The third-order valence-electron chi connectivity index (χ3n) is 5.15. The Morgan fingerprint density at radius 1 is 1.07 bits per heavy atom. The third kappa shape index (κ3) is 4.11. The molecule has 1 heterocycles. The fourth-order valence-corrected chi connectivity index (χ4v) is 3.72. The van der Waals surface area contributed by atoms with Crippen LogP contribution in [-0.2, 0) is 6.54 Å². The SMILES string of the molecule is O=C(c1cccc(F)c1)N(Cc1nc(-c2ccccc2)no1)C1CCCCC1. The highest BCUT2D eigenvalue weighted by Crippen LogP contribution is 2.26. The van der Waals surface area contributed by atoms with Crippen LogP contribution in [0.2, 0.25) is 0 Å². The second-order valence-corrected chi connectivity index (χ2v) is 7.11. The number of carbonyl (C=O) groups is 1. The topological polar surface area (TPSA) is 59.2 Å². The van der Waals surface area contributed by atoms with Crippen molar-refractivity contribution in [2.24, 2.45) is 0 Å². The van der Waals surface area contributed by atoms with Crippen molar-refractivity contribution >= 4 is 5.91 Å². The van der Waals surface area contributed by atoms with E-state index in [1.165, 1.54) is 18.6 Å². The van der Waals surface area contributed by atoms with Gasteiger partial charge in [-0.1, -0.05) is 60.8 Å². The van der Waals surface area contributed by atoms with Gasteiger partial charge in [0.2, 0.25) is 11.7 Å². The van der Waals surface area contributed by atoms with Crippen LogP contribution >= 0.6 is 0 Å². The van der Waals surface area contributed by atoms with E-state index in [-0.39, 0.29) is 18.5 Å². The van der Waals surface area contributed by atoms with E-state index < -0.39 is 5.82 Å². The molecule has 3 aromatic rings. The first-order valence-electron chi connectivity index (χ1n) is 9.65. The molecule has 2 aromatic carbocycles. The summed E-state index contributed by atoms with van der Waals surface area (Å²) in [5.74, 6) is 0.260. The molecule has 0 spiro atoms. The highest BCUT2D eigenvalue weighted by Gasteiger charge is 2.28. The zero-order valence-electron chi connectivity index (χ0n) is 15.6. The molecular weight excluding hydrogens is 357 g/mol. The second-order valence-electron chi connectivity index (χ2n) is 7.11. The van der Waals surface area contributed by atoms with Crippen LogP contribution in [0.3, 0.4) is 0 Å². The van der Waals surface area contributed by atoms with Crippen molar-refractivity contribution in [3.8, 4) is 11.4 Å². The minimum atomic E-state index is -0.418. The molecule has 0 unspecified atom stereocenters. The number of hydrogen-bond acceptors (Lipinski definition) is 4. The van der Waals surface area contributed by atoms with Crippen LogP contribution in [0.5, 0.6) is 0 Å². The Balaban J connectivity index is 1.59. The molecule has 0 radical (unpaired) electrons. The van der Waals surface area contributed by atoms with Gasteiger partial charge in [-0.2, -0.15) is 4.98 Å². The molecule has 6 heteroatoms. The lowest BCUT2D eigenvalue weighted by molar-refractivity contribution is 0.0585. The summed E-state index contributed by atoms with van der Waals surface area (Å²) in [6, 6.07) is 15.5. The van der Waals surface area contributed by atoms with Gasteiger partial charge < -0.3 is 9.42 Å². The van der Waals surface area contributed by atoms with E-state index in [4.69, 9.17) is 4.52 Å². The van der Waals surface area contributed by atoms with Gasteiger partial charge in [-0.15, -0.1) is 0 Å². The standard InChI is InChI=1S/C22H22FN3O2/c23-18-11-7-10-17(14-18)22(27)26(19-12-5-2-6-13-19)15-20-24-21(25-28-20)16-8-3-1-4-9-16/h1,3-4,7-11,14,19H,2,5-6,12-13,15H2. The Hall–Kier alpha value is -3.02.